The largest absolute Gasteiger partial charge is 0.368 e. The van der Waals surface area contributed by atoms with Crippen LogP contribution in [0.15, 0.2) is 0 Å². The van der Waals surface area contributed by atoms with E-state index in [2.05, 4.69) is 19.2 Å². The van der Waals surface area contributed by atoms with Crippen molar-refractivity contribution in [2.75, 3.05) is 6.54 Å². The first-order valence-corrected chi connectivity index (χ1v) is 4.91. The smallest absolute Gasteiger partial charge is 0.237 e. The van der Waals surface area contributed by atoms with E-state index in [0.717, 1.165) is 18.9 Å². The van der Waals surface area contributed by atoms with Gasteiger partial charge in [-0.15, -0.1) is 0 Å². The second-order valence-electron chi connectivity index (χ2n) is 4.45. The van der Waals surface area contributed by atoms with Gasteiger partial charge in [-0.05, 0) is 39.2 Å². The summed E-state index contributed by atoms with van der Waals surface area (Å²) in [4.78, 5) is 10.9. The van der Waals surface area contributed by atoms with Crippen LogP contribution in [0.5, 0.6) is 0 Å². The Balaban J connectivity index is 3.58. The van der Waals surface area contributed by atoms with Gasteiger partial charge in [0, 0.05) is 0 Å². The molecule has 78 valence electrons. The van der Waals surface area contributed by atoms with Crippen LogP contribution in [0, 0.1) is 5.92 Å². The van der Waals surface area contributed by atoms with Crippen LogP contribution in [0.4, 0.5) is 0 Å². The zero-order valence-corrected chi connectivity index (χ0v) is 9.18. The summed E-state index contributed by atoms with van der Waals surface area (Å²) in [6, 6.07) is 0. The van der Waals surface area contributed by atoms with Gasteiger partial charge in [-0.25, -0.2) is 0 Å². The third-order valence-electron chi connectivity index (χ3n) is 2.14. The van der Waals surface area contributed by atoms with E-state index in [-0.39, 0.29) is 5.91 Å². The van der Waals surface area contributed by atoms with Gasteiger partial charge in [0.05, 0.1) is 5.54 Å². The molecule has 3 nitrogen and oxygen atoms in total. The van der Waals surface area contributed by atoms with Gasteiger partial charge in [0.2, 0.25) is 5.91 Å². The number of amides is 1. The Bertz CT molecular complexity index is 164. The lowest BCUT2D eigenvalue weighted by Crippen LogP contribution is -2.50. The monoisotopic (exact) mass is 186 g/mol. The predicted octanol–water partition coefficient (Wildman–Crippen LogP) is 1.28. The van der Waals surface area contributed by atoms with E-state index in [1.807, 2.05) is 13.8 Å². The first-order chi connectivity index (χ1) is 5.86. The molecule has 3 heteroatoms. The Morgan fingerprint density at radius 3 is 2.38 bits per heavy atom. The molecule has 0 bridgehead atoms. The fourth-order valence-corrected chi connectivity index (χ4v) is 0.998. The second kappa shape index (κ2) is 5.22. The Morgan fingerprint density at radius 1 is 1.46 bits per heavy atom. The fraction of sp³-hybridized carbons (Fsp3) is 0.900. The van der Waals surface area contributed by atoms with Crippen molar-refractivity contribution >= 4 is 5.91 Å². The summed E-state index contributed by atoms with van der Waals surface area (Å²) in [6.07, 6.45) is 2.27. The molecule has 0 aliphatic rings. The van der Waals surface area contributed by atoms with Crippen molar-refractivity contribution in [3.8, 4) is 0 Å². The molecule has 0 unspecified atom stereocenters. The SMILES string of the molecule is CC(C)CCCNC(C)(C)C(N)=O. The van der Waals surface area contributed by atoms with Crippen molar-refractivity contribution in [1.29, 1.82) is 0 Å². The van der Waals surface area contributed by atoms with E-state index < -0.39 is 5.54 Å². The summed E-state index contributed by atoms with van der Waals surface area (Å²) in [5.41, 5.74) is 4.64. The average Bonchev–Trinajstić information content (AvgIpc) is 1.97. The topological polar surface area (TPSA) is 55.1 Å². The molecule has 0 radical (unpaired) electrons. The van der Waals surface area contributed by atoms with Gasteiger partial charge in [0.1, 0.15) is 0 Å². The summed E-state index contributed by atoms with van der Waals surface area (Å²) in [6.45, 7) is 8.86. The van der Waals surface area contributed by atoms with E-state index in [1.165, 1.54) is 6.42 Å². The van der Waals surface area contributed by atoms with Gasteiger partial charge < -0.3 is 11.1 Å². The van der Waals surface area contributed by atoms with Gasteiger partial charge in [0.15, 0.2) is 0 Å². The number of carbonyl (C=O) groups is 1. The number of primary amides is 1. The number of rotatable bonds is 6. The molecule has 13 heavy (non-hydrogen) atoms. The quantitative estimate of drug-likeness (QED) is 0.614. The van der Waals surface area contributed by atoms with E-state index in [9.17, 15) is 4.79 Å². The van der Waals surface area contributed by atoms with Gasteiger partial charge >= 0.3 is 0 Å². The van der Waals surface area contributed by atoms with E-state index in [1.54, 1.807) is 0 Å². The number of nitrogens with two attached hydrogens (primary N) is 1. The Labute approximate surface area is 81.1 Å². The van der Waals surface area contributed by atoms with E-state index in [4.69, 9.17) is 5.73 Å². The molecule has 1 amide bonds. The zero-order chi connectivity index (χ0) is 10.5. The van der Waals surface area contributed by atoms with Crippen LogP contribution in [-0.2, 0) is 4.79 Å². The summed E-state index contributed by atoms with van der Waals surface area (Å²) >= 11 is 0. The van der Waals surface area contributed by atoms with Crippen molar-refractivity contribution in [3.63, 3.8) is 0 Å². The Morgan fingerprint density at radius 2 is 2.00 bits per heavy atom. The first kappa shape index (κ1) is 12.4. The molecule has 0 saturated heterocycles. The van der Waals surface area contributed by atoms with Crippen LogP contribution in [0.1, 0.15) is 40.5 Å². The molecular weight excluding hydrogens is 164 g/mol. The predicted molar refractivity (Wildman–Crippen MR) is 55.3 cm³/mol. The van der Waals surface area contributed by atoms with Crippen molar-refractivity contribution in [2.24, 2.45) is 11.7 Å². The summed E-state index contributed by atoms with van der Waals surface area (Å²) in [5.74, 6) is 0.426. The summed E-state index contributed by atoms with van der Waals surface area (Å²) in [7, 11) is 0. The minimum Gasteiger partial charge on any atom is -0.368 e. The maximum absolute atomic E-state index is 10.9. The number of nitrogens with one attached hydrogen (secondary N) is 1. The molecule has 0 aromatic rings. The van der Waals surface area contributed by atoms with Crippen molar-refractivity contribution < 1.29 is 4.79 Å². The van der Waals surface area contributed by atoms with Crippen molar-refractivity contribution in [1.82, 2.24) is 5.32 Å². The molecule has 0 fully saturated rings. The molecule has 0 aliphatic carbocycles. The molecule has 0 heterocycles. The third kappa shape index (κ3) is 5.64. The van der Waals surface area contributed by atoms with Crippen LogP contribution in [-0.4, -0.2) is 18.0 Å². The van der Waals surface area contributed by atoms with Crippen LogP contribution < -0.4 is 11.1 Å². The lowest BCUT2D eigenvalue weighted by Gasteiger charge is -2.22. The van der Waals surface area contributed by atoms with Gasteiger partial charge in [-0.3, -0.25) is 4.79 Å². The molecule has 0 aliphatic heterocycles. The molecule has 0 atom stereocenters. The minimum absolute atomic E-state index is 0.294. The van der Waals surface area contributed by atoms with Crippen LogP contribution in [0.25, 0.3) is 0 Å². The van der Waals surface area contributed by atoms with Crippen LogP contribution >= 0.6 is 0 Å². The number of carbonyl (C=O) groups excluding carboxylic acids is 1. The van der Waals surface area contributed by atoms with Crippen LogP contribution in [0.2, 0.25) is 0 Å². The molecular formula is C10H22N2O. The molecule has 0 aromatic carbocycles. The zero-order valence-electron chi connectivity index (χ0n) is 9.18. The van der Waals surface area contributed by atoms with Gasteiger partial charge in [-0.2, -0.15) is 0 Å². The molecule has 0 rings (SSSR count). The third-order valence-corrected chi connectivity index (χ3v) is 2.14. The van der Waals surface area contributed by atoms with Crippen LogP contribution in [0.3, 0.4) is 0 Å². The highest BCUT2D eigenvalue weighted by Crippen LogP contribution is 2.04. The maximum atomic E-state index is 10.9. The van der Waals surface area contributed by atoms with Gasteiger partial charge in [-0.1, -0.05) is 13.8 Å². The number of hydrogen-bond donors (Lipinski definition) is 2. The second-order valence-corrected chi connectivity index (χ2v) is 4.45. The normalized spacial score (nSPS) is 12.1. The molecule has 3 N–H and O–H groups in total. The molecule has 0 spiro atoms. The maximum Gasteiger partial charge on any atom is 0.237 e. The average molecular weight is 186 g/mol. The van der Waals surface area contributed by atoms with Gasteiger partial charge in [0.25, 0.3) is 0 Å². The lowest BCUT2D eigenvalue weighted by atomic mass is 10.0. The highest BCUT2D eigenvalue weighted by Gasteiger charge is 2.22. The minimum atomic E-state index is -0.572. The highest BCUT2D eigenvalue weighted by atomic mass is 16.1. The number of hydrogen-bond acceptors (Lipinski definition) is 2. The van der Waals surface area contributed by atoms with E-state index >= 15 is 0 Å². The van der Waals surface area contributed by atoms with Crippen molar-refractivity contribution in [2.45, 2.75) is 46.1 Å². The fourth-order valence-electron chi connectivity index (χ4n) is 0.998. The first-order valence-electron chi connectivity index (χ1n) is 4.91. The summed E-state index contributed by atoms with van der Waals surface area (Å²) < 4.78 is 0. The molecule has 0 saturated carbocycles. The standard InChI is InChI=1S/C10H22N2O/c1-8(2)6-5-7-12-10(3,4)9(11)13/h8,12H,5-7H2,1-4H3,(H2,11,13). The highest BCUT2D eigenvalue weighted by molar-refractivity contribution is 5.83. The van der Waals surface area contributed by atoms with Crippen molar-refractivity contribution in [3.05, 3.63) is 0 Å². The Kier molecular flexibility index (Phi) is 4.99. The van der Waals surface area contributed by atoms with E-state index in [0.29, 0.717) is 0 Å². The molecule has 0 aromatic heterocycles. The lowest BCUT2D eigenvalue weighted by molar-refractivity contribution is -0.123. The summed E-state index contributed by atoms with van der Waals surface area (Å²) in [5, 5.41) is 3.14. The Hall–Kier alpha value is -0.570.